The Labute approximate surface area is 183 Å². The molecular weight excluding hydrogens is 418 g/mol. The number of aryl methyl sites for hydroxylation is 1. The van der Waals surface area contributed by atoms with E-state index in [-0.39, 0.29) is 22.7 Å². The second-order valence-corrected chi connectivity index (χ2v) is 7.56. The summed E-state index contributed by atoms with van der Waals surface area (Å²) in [5.74, 6) is -1.05. The van der Waals surface area contributed by atoms with E-state index < -0.39 is 11.9 Å². The van der Waals surface area contributed by atoms with E-state index in [0.717, 1.165) is 5.69 Å². The molecule has 0 saturated heterocycles. The van der Waals surface area contributed by atoms with Crippen LogP contribution in [0.2, 0.25) is 0 Å². The van der Waals surface area contributed by atoms with Gasteiger partial charge in [-0.05, 0) is 44.2 Å². The first kappa shape index (κ1) is 22.2. The molecule has 0 radical (unpaired) electrons. The Morgan fingerprint density at radius 1 is 0.935 bits per heavy atom. The first-order chi connectivity index (χ1) is 14.8. The Hall–Kier alpha value is -3.46. The Morgan fingerprint density at radius 2 is 1.52 bits per heavy atom. The maximum atomic E-state index is 12.8. The van der Waals surface area contributed by atoms with Crippen molar-refractivity contribution in [3.05, 3.63) is 70.8 Å². The van der Waals surface area contributed by atoms with Crippen molar-refractivity contribution in [2.45, 2.75) is 19.0 Å². The van der Waals surface area contributed by atoms with Gasteiger partial charge in [0, 0.05) is 35.0 Å². The van der Waals surface area contributed by atoms with E-state index >= 15 is 0 Å². The van der Waals surface area contributed by atoms with Crippen molar-refractivity contribution >= 4 is 29.5 Å². The van der Waals surface area contributed by atoms with Crippen molar-refractivity contribution in [2.24, 2.45) is 0 Å². The van der Waals surface area contributed by atoms with Gasteiger partial charge in [-0.25, -0.2) is 19.6 Å². The zero-order valence-electron chi connectivity index (χ0n) is 17.5. The Morgan fingerprint density at radius 3 is 2.06 bits per heavy atom. The summed E-state index contributed by atoms with van der Waals surface area (Å²) in [6.45, 7) is 3.66. The molecule has 1 aromatic carbocycles. The van der Waals surface area contributed by atoms with Gasteiger partial charge in [0.25, 0.3) is 0 Å². The number of thioether (sulfide) groups is 1. The lowest BCUT2D eigenvalue weighted by atomic mass is 10.1. The van der Waals surface area contributed by atoms with Gasteiger partial charge in [-0.1, -0.05) is 11.8 Å². The van der Waals surface area contributed by atoms with Gasteiger partial charge in [-0.3, -0.25) is 4.79 Å². The Balaban J connectivity index is 1.98. The molecule has 9 heteroatoms. The molecule has 31 heavy (non-hydrogen) atoms. The highest BCUT2D eigenvalue weighted by Gasteiger charge is 2.20. The summed E-state index contributed by atoms with van der Waals surface area (Å²) in [5, 5.41) is 0.526. The monoisotopic (exact) mass is 439 g/mol. The Bertz CT molecular complexity index is 1110. The van der Waals surface area contributed by atoms with E-state index in [1.807, 2.05) is 18.4 Å². The summed E-state index contributed by atoms with van der Waals surface area (Å²) in [6.07, 6.45) is 3.25. The number of esters is 2. The molecule has 0 saturated carbocycles. The molecule has 2 heterocycles. The van der Waals surface area contributed by atoms with Crippen LogP contribution in [0.3, 0.4) is 0 Å². The topological polar surface area (TPSA) is 100 Å². The van der Waals surface area contributed by atoms with Gasteiger partial charge in [0.1, 0.15) is 0 Å². The van der Waals surface area contributed by atoms with Gasteiger partial charge < -0.3 is 14.0 Å². The number of ketones is 1. The van der Waals surface area contributed by atoms with Crippen LogP contribution >= 0.6 is 11.8 Å². The van der Waals surface area contributed by atoms with Gasteiger partial charge in [-0.15, -0.1) is 0 Å². The number of hydrogen-bond donors (Lipinski definition) is 0. The zero-order valence-corrected chi connectivity index (χ0v) is 18.4. The summed E-state index contributed by atoms with van der Waals surface area (Å²) >= 11 is 1.26. The molecule has 0 fully saturated rings. The number of carbonyl (C=O) groups is 3. The predicted molar refractivity (Wildman–Crippen MR) is 115 cm³/mol. The van der Waals surface area contributed by atoms with Crippen molar-refractivity contribution in [2.75, 3.05) is 20.0 Å². The molecule has 3 rings (SSSR count). The maximum Gasteiger partial charge on any atom is 0.337 e. The number of rotatable bonds is 7. The number of Topliss-reactive ketones (excluding diaryl/α,β-unsaturated/α-hetero) is 1. The van der Waals surface area contributed by atoms with Gasteiger partial charge in [0.15, 0.2) is 10.9 Å². The molecule has 0 aliphatic rings. The van der Waals surface area contributed by atoms with Crippen LogP contribution in [0.5, 0.6) is 0 Å². The summed E-state index contributed by atoms with van der Waals surface area (Å²) in [5.41, 5.74) is 2.98. The summed E-state index contributed by atoms with van der Waals surface area (Å²) in [6, 6.07) is 8.13. The lowest BCUT2D eigenvalue weighted by Gasteiger charge is -2.13. The summed E-state index contributed by atoms with van der Waals surface area (Å²) in [4.78, 5) is 45.3. The first-order valence-corrected chi connectivity index (χ1v) is 10.3. The predicted octanol–water partition coefficient (Wildman–Crippen LogP) is 3.43. The minimum Gasteiger partial charge on any atom is -0.465 e. The fourth-order valence-corrected chi connectivity index (χ4v) is 3.91. The van der Waals surface area contributed by atoms with Crippen LogP contribution in [0.1, 0.15) is 42.5 Å². The average Bonchev–Trinajstić information content (AvgIpc) is 3.10. The minimum absolute atomic E-state index is 0.0749. The number of ether oxygens (including phenoxy) is 2. The van der Waals surface area contributed by atoms with Crippen molar-refractivity contribution in [3.63, 3.8) is 0 Å². The smallest absolute Gasteiger partial charge is 0.337 e. The van der Waals surface area contributed by atoms with E-state index in [9.17, 15) is 14.4 Å². The van der Waals surface area contributed by atoms with E-state index in [0.29, 0.717) is 22.1 Å². The number of carbonyl (C=O) groups excluding carboxylic acids is 3. The molecular formula is C22H21N3O5S. The lowest BCUT2D eigenvalue weighted by molar-refractivity contribution is 0.0599. The average molecular weight is 439 g/mol. The van der Waals surface area contributed by atoms with Gasteiger partial charge in [0.05, 0.1) is 31.1 Å². The first-order valence-electron chi connectivity index (χ1n) is 9.29. The van der Waals surface area contributed by atoms with Crippen LogP contribution in [0.25, 0.3) is 5.69 Å². The SMILES string of the molecule is COC(=O)c1cc(C(=O)OC)cc(-n2c(C)cc(C(=O)CSc3ncccn3)c2C)c1. The minimum atomic E-state index is -0.579. The Kier molecular flexibility index (Phi) is 6.86. The van der Waals surface area contributed by atoms with Crippen LogP contribution in [-0.4, -0.2) is 52.2 Å². The number of aromatic nitrogens is 3. The molecule has 2 aromatic heterocycles. The molecule has 0 spiro atoms. The second kappa shape index (κ2) is 9.57. The highest BCUT2D eigenvalue weighted by molar-refractivity contribution is 7.99. The number of benzene rings is 1. The third kappa shape index (κ3) is 4.83. The van der Waals surface area contributed by atoms with Gasteiger partial charge >= 0.3 is 11.9 Å². The van der Waals surface area contributed by atoms with E-state index in [1.54, 1.807) is 36.7 Å². The van der Waals surface area contributed by atoms with Crippen molar-refractivity contribution in [1.82, 2.24) is 14.5 Å². The normalized spacial score (nSPS) is 10.6. The number of methoxy groups -OCH3 is 2. The molecule has 0 amide bonds. The van der Waals surface area contributed by atoms with Crippen LogP contribution in [0.4, 0.5) is 0 Å². The van der Waals surface area contributed by atoms with Gasteiger partial charge in [0.2, 0.25) is 0 Å². The lowest BCUT2D eigenvalue weighted by Crippen LogP contribution is -2.10. The largest absolute Gasteiger partial charge is 0.465 e. The van der Waals surface area contributed by atoms with E-state index in [1.165, 1.54) is 32.0 Å². The van der Waals surface area contributed by atoms with Crippen molar-refractivity contribution in [3.8, 4) is 5.69 Å². The molecule has 160 valence electrons. The molecule has 0 aliphatic carbocycles. The van der Waals surface area contributed by atoms with Crippen LogP contribution in [0.15, 0.2) is 47.9 Å². The van der Waals surface area contributed by atoms with E-state index in [2.05, 4.69) is 9.97 Å². The fourth-order valence-electron chi connectivity index (χ4n) is 3.22. The third-order valence-corrected chi connectivity index (χ3v) is 5.50. The quantitative estimate of drug-likeness (QED) is 0.239. The summed E-state index contributed by atoms with van der Waals surface area (Å²) in [7, 11) is 2.54. The highest BCUT2D eigenvalue weighted by Crippen LogP contribution is 2.25. The zero-order chi connectivity index (χ0) is 22.5. The standard InChI is InChI=1S/C22H21N3O5S/c1-13-8-18(19(26)12-31-22-23-6-5-7-24-22)14(2)25(13)17-10-15(20(27)29-3)9-16(11-17)21(28)30-4/h5-11H,12H2,1-4H3. The molecule has 3 aromatic rings. The maximum absolute atomic E-state index is 12.8. The molecule has 0 N–H and O–H groups in total. The molecule has 0 unspecified atom stereocenters. The highest BCUT2D eigenvalue weighted by atomic mass is 32.2. The van der Waals surface area contributed by atoms with Crippen molar-refractivity contribution in [1.29, 1.82) is 0 Å². The van der Waals surface area contributed by atoms with Crippen LogP contribution < -0.4 is 0 Å². The van der Waals surface area contributed by atoms with Crippen LogP contribution in [-0.2, 0) is 9.47 Å². The molecule has 0 atom stereocenters. The number of hydrogen-bond acceptors (Lipinski definition) is 8. The van der Waals surface area contributed by atoms with Gasteiger partial charge in [-0.2, -0.15) is 0 Å². The fraction of sp³-hybridized carbons (Fsp3) is 0.227. The third-order valence-electron chi connectivity index (χ3n) is 4.62. The van der Waals surface area contributed by atoms with Crippen molar-refractivity contribution < 1.29 is 23.9 Å². The molecule has 8 nitrogen and oxygen atoms in total. The van der Waals surface area contributed by atoms with Crippen LogP contribution in [0, 0.1) is 13.8 Å². The molecule has 0 aliphatic heterocycles. The second-order valence-electron chi connectivity index (χ2n) is 6.62. The number of nitrogens with zero attached hydrogens (tertiary/aromatic N) is 3. The van der Waals surface area contributed by atoms with E-state index in [4.69, 9.17) is 9.47 Å². The summed E-state index contributed by atoms with van der Waals surface area (Å²) < 4.78 is 11.4. The molecule has 0 bridgehead atoms.